The Balaban J connectivity index is 1.82. The van der Waals surface area contributed by atoms with E-state index in [1.165, 1.54) is 0 Å². The Bertz CT molecular complexity index is 655. The van der Waals surface area contributed by atoms with Gasteiger partial charge in [0.25, 0.3) is 5.91 Å². The molecule has 1 aliphatic heterocycles. The number of nitrogens with one attached hydrogen (secondary N) is 1. The van der Waals surface area contributed by atoms with Crippen LogP contribution in [0.15, 0.2) is 28.7 Å². The van der Waals surface area contributed by atoms with Crippen LogP contribution in [-0.4, -0.2) is 36.4 Å². The van der Waals surface area contributed by atoms with Crippen LogP contribution in [0.25, 0.3) is 11.0 Å². The third-order valence-corrected chi connectivity index (χ3v) is 4.03. The van der Waals surface area contributed by atoms with Crippen LogP contribution in [0.3, 0.4) is 0 Å². The summed E-state index contributed by atoms with van der Waals surface area (Å²) in [4.78, 5) is 12.4. The topological polar surface area (TPSA) is 71.7 Å². The molecule has 1 fully saturated rings. The van der Waals surface area contributed by atoms with Crippen LogP contribution < -0.4 is 5.32 Å². The highest BCUT2D eigenvalue weighted by Gasteiger charge is 2.34. The minimum atomic E-state index is -0.607. The highest BCUT2D eigenvalue weighted by atomic mass is 16.5. The summed E-state index contributed by atoms with van der Waals surface area (Å²) < 4.78 is 10.9. The van der Waals surface area contributed by atoms with Crippen molar-refractivity contribution in [2.24, 2.45) is 0 Å². The van der Waals surface area contributed by atoms with E-state index < -0.39 is 5.54 Å². The van der Waals surface area contributed by atoms with Crippen LogP contribution in [0.1, 0.15) is 29.0 Å². The number of aliphatic hydroxyl groups is 1. The standard InChI is InChI=1S/C16H19NO4/c1-11-2-3-13-12(8-11)9-14(21-13)15(19)17-16(10-18)4-6-20-7-5-16/h2-3,8-9,18H,4-7,10H2,1H3,(H,17,19). The first-order valence-corrected chi connectivity index (χ1v) is 7.13. The number of aryl methyl sites for hydroxylation is 1. The lowest BCUT2D eigenvalue weighted by Gasteiger charge is -2.35. The Hall–Kier alpha value is -1.85. The van der Waals surface area contributed by atoms with Gasteiger partial charge in [0, 0.05) is 18.6 Å². The van der Waals surface area contributed by atoms with Crippen molar-refractivity contribution in [2.45, 2.75) is 25.3 Å². The van der Waals surface area contributed by atoms with Gasteiger partial charge in [-0.15, -0.1) is 0 Å². The van der Waals surface area contributed by atoms with Crippen LogP contribution in [0.4, 0.5) is 0 Å². The maximum Gasteiger partial charge on any atom is 0.287 e. The molecule has 0 aliphatic carbocycles. The molecule has 5 nitrogen and oxygen atoms in total. The summed E-state index contributed by atoms with van der Waals surface area (Å²) in [5.74, 6) is -0.0188. The first-order chi connectivity index (χ1) is 10.1. The van der Waals surface area contributed by atoms with Gasteiger partial charge in [-0.3, -0.25) is 4.79 Å². The molecule has 2 aromatic rings. The molecule has 5 heteroatoms. The molecule has 2 N–H and O–H groups in total. The smallest absolute Gasteiger partial charge is 0.287 e. The quantitative estimate of drug-likeness (QED) is 0.906. The second-order valence-corrected chi connectivity index (χ2v) is 5.66. The minimum absolute atomic E-state index is 0.0958. The molecule has 112 valence electrons. The summed E-state index contributed by atoms with van der Waals surface area (Å²) in [5.41, 5.74) is 1.20. The van der Waals surface area contributed by atoms with E-state index in [9.17, 15) is 9.90 Å². The normalized spacial score (nSPS) is 17.8. The summed E-state index contributed by atoms with van der Waals surface area (Å²) in [6, 6.07) is 7.52. The van der Waals surface area contributed by atoms with Crippen molar-refractivity contribution < 1.29 is 19.1 Å². The van der Waals surface area contributed by atoms with Crippen LogP contribution in [0.5, 0.6) is 0 Å². The van der Waals surface area contributed by atoms with E-state index in [0.29, 0.717) is 31.6 Å². The second kappa shape index (κ2) is 5.50. The number of aliphatic hydroxyl groups excluding tert-OH is 1. The van der Waals surface area contributed by atoms with Gasteiger partial charge in [-0.25, -0.2) is 0 Å². The highest BCUT2D eigenvalue weighted by Crippen LogP contribution is 2.24. The Morgan fingerprint density at radius 1 is 1.33 bits per heavy atom. The zero-order valence-corrected chi connectivity index (χ0v) is 12.0. The van der Waals surface area contributed by atoms with E-state index in [4.69, 9.17) is 9.15 Å². The van der Waals surface area contributed by atoms with Crippen LogP contribution in [0.2, 0.25) is 0 Å². The predicted molar refractivity (Wildman–Crippen MR) is 78.3 cm³/mol. The molecule has 0 bridgehead atoms. The van der Waals surface area contributed by atoms with Gasteiger partial charge < -0.3 is 19.6 Å². The molecule has 0 atom stereocenters. The number of furan rings is 1. The molecule has 0 saturated carbocycles. The first-order valence-electron chi connectivity index (χ1n) is 7.13. The molecule has 3 rings (SSSR count). The zero-order valence-electron chi connectivity index (χ0n) is 12.0. The summed E-state index contributed by atoms with van der Waals surface area (Å²) in [7, 11) is 0. The number of fused-ring (bicyclic) bond motifs is 1. The molecule has 0 spiro atoms. The number of carbonyl (C=O) groups is 1. The predicted octanol–water partition coefficient (Wildman–Crippen LogP) is 2.01. The number of carbonyl (C=O) groups excluding carboxylic acids is 1. The molecule has 1 saturated heterocycles. The number of hydrogen-bond donors (Lipinski definition) is 2. The maximum absolute atomic E-state index is 12.4. The SMILES string of the molecule is Cc1ccc2oc(C(=O)NC3(CO)CCOCC3)cc2c1. The van der Waals surface area contributed by atoms with Crippen LogP contribution in [-0.2, 0) is 4.74 Å². The van der Waals surface area contributed by atoms with Crippen molar-refractivity contribution in [3.63, 3.8) is 0 Å². The van der Waals surface area contributed by atoms with Gasteiger partial charge in [-0.05, 0) is 38.0 Å². The Labute approximate surface area is 122 Å². The van der Waals surface area contributed by atoms with Gasteiger partial charge in [0.2, 0.25) is 0 Å². The van der Waals surface area contributed by atoms with Gasteiger partial charge in [-0.1, -0.05) is 11.6 Å². The molecule has 1 aromatic heterocycles. The van der Waals surface area contributed by atoms with E-state index in [1.807, 2.05) is 25.1 Å². The van der Waals surface area contributed by atoms with Crippen molar-refractivity contribution in [3.05, 3.63) is 35.6 Å². The number of benzene rings is 1. The average molecular weight is 289 g/mol. The number of ether oxygens (including phenoxy) is 1. The summed E-state index contributed by atoms with van der Waals surface area (Å²) >= 11 is 0. The Morgan fingerprint density at radius 2 is 2.10 bits per heavy atom. The van der Waals surface area contributed by atoms with Crippen molar-refractivity contribution in [2.75, 3.05) is 19.8 Å². The monoisotopic (exact) mass is 289 g/mol. The van der Waals surface area contributed by atoms with E-state index in [-0.39, 0.29) is 18.3 Å². The van der Waals surface area contributed by atoms with Gasteiger partial charge in [0.1, 0.15) is 5.58 Å². The summed E-state index contributed by atoms with van der Waals surface area (Å²) in [6.07, 6.45) is 1.21. The van der Waals surface area contributed by atoms with Crippen molar-refractivity contribution in [3.8, 4) is 0 Å². The van der Waals surface area contributed by atoms with E-state index in [0.717, 1.165) is 10.9 Å². The fourth-order valence-corrected chi connectivity index (χ4v) is 2.66. The molecular weight excluding hydrogens is 270 g/mol. The third kappa shape index (κ3) is 2.80. The third-order valence-electron chi connectivity index (χ3n) is 4.03. The Kier molecular flexibility index (Phi) is 3.69. The van der Waals surface area contributed by atoms with E-state index >= 15 is 0 Å². The number of amides is 1. The highest BCUT2D eigenvalue weighted by molar-refractivity contribution is 5.96. The van der Waals surface area contributed by atoms with Crippen LogP contribution >= 0.6 is 0 Å². The maximum atomic E-state index is 12.4. The molecule has 2 heterocycles. The fraction of sp³-hybridized carbons (Fsp3) is 0.438. The van der Waals surface area contributed by atoms with Crippen molar-refractivity contribution in [1.82, 2.24) is 5.32 Å². The molecule has 1 aliphatic rings. The molecule has 1 aromatic carbocycles. The molecule has 0 unspecified atom stereocenters. The first kappa shape index (κ1) is 14.1. The fourth-order valence-electron chi connectivity index (χ4n) is 2.66. The van der Waals surface area contributed by atoms with E-state index in [1.54, 1.807) is 6.07 Å². The lowest BCUT2D eigenvalue weighted by Crippen LogP contribution is -2.54. The second-order valence-electron chi connectivity index (χ2n) is 5.66. The largest absolute Gasteiger partial charge is 0.451 e. The lowest BCUT2D eigenvalue weighted by molar-refractivity contribution is 0.0120. The Morgan fingerprint density at radius 3 is 2.81 bits per heavy atom. The molecule has 1 amide bonds. The van der Waals surface area contributed by atoms with Gasteiger partial charge in [0.05, 0.1) is 12.1 Å². The summed E-state index contributed by atoms with van der Waals surface area (Å²) in [6.45, 7) is 2.98. The number of rotatable bonds is 3. The van der Waals surface area contributed by atoms with Gasteiger partial charge in [-0.2, -0.15) is 0 Å². The van der Waals surface area contributed by atoms with Crippen molar-refractivity contribution in [1.29, 1.82) is 0 Å². The molecule has 21 heavy (non-hydrogen) atoms. The van der Waals surface area contributed by atoms with E-state index in [2.05, 4.69) is 5.32 Å². The van der Waals surface area contributed by atoms with Crippen molar-refractivity contribution >= 4 is 16.9 Å². The number of hydrogen-bond acceptors (Lipinski definition) is 4. The average Bonchev–Trinajstić information content (AvgIpc) is 2.91. The lowest BCUT2D eigenvalue weighted by atomic mass is 9.91. The molecule has 0 radical (unpaired) electrons. The zero-order chi connectivity index (χ0) is 14.9. The van der Waals surface area contributed by atoms with Gasteiger partial charge in [0.15, 0.2) is 5.76 Å². The van der Waals surface area contributed by atoms with Gasteiger partial charge >= 0.3 is 0 Å². The molecular formula is C16H19NO4. The summed E-state index contributed by atoms with van der Waals surface area (Å²) in [5, 5.41) is 13.4. The minimum Gasteiger partial charge on any atom is -0.451 e. The van der Waals surface area contributed by atoms with Crippen LogP contribution in [0, 0.1) is 6.92 Å².